The van der Waals surface area contributed by atoms with E-state index in [1.807, 2.05) is 13.8 Å². The molecule has 0 aliphatic heterocycles. The van der Waals surface area contributed by atoms with Gasteiger partial charge >= 0.3 is 0 Å². The highest BCUT2D eigenvalue weighted by molar-refractivity contribution is 7.80. The fourth-order valence-electron chi connectivity index (χ4n) is 2.00. The standard InChI is InChI=1S/C11H18N2S/c1-5-6-7(2)10-8(3)12-11(14)13-9(10)4/h7H,5-6H2,1-4H3,(H,12,13,14). The maximum Gasteiger partial charge on any atom is 0.184 e. The third kappa shape index (κ3) is 2.47. The van der Waals surface area contributed by atoms with Crippen LogP contribution in [-0.2, 0) is 0 Å². The average Bonchev–Trinajstić information content (AvgIpc) is 2.01. The Kier molecular flexibility index (Phi) is 3.93. The first-order valence-corrected chi connectivity index (χ1v) is 5.55. The predicted molar refractivity (Wildman–Crippen MR) is 62.1 cm³/mol. The molecule has 0 fully saturated rings. The van der Waals surface area contributed by atoms with E-state index in [9.17, 15) is 0 Å². The molecule has 2 nitrogen and oxygen atoms in total. The van der Waals surface area contributed by atoms with Crippen LogP contribution in [0.4, 0.5) is 0 Å². The van der Waals surface area contributed by atoms with Crippen molar-refractivity contribution in [3.05, 3.63) is 17.0 Å². The third-order valence-electron chi connectivity index (χ3n) is 2.53. The van der Waals surface area contributed by atoms with Crippen molar-refractivity contribution in [3.8, 4) is 0 Å². The van der Waals surface area contributed by atoms with Gasteiger partial charge in [-0.3, -0.25) is 0 Å². The van der Waals surface area contributed by atoms with E-state index in [0.29, 0.717) is 11.1 Å². The molecule has 1 aromatic rings. The van der Waals surface area contributed by atoms with Gasteiger partial charge in [-0.2, -0.15) is 0 Å². The molecule has 0 aliphatic rings. The van der Waals surface area contributed by atoms with Gasteiger partial charge in [0.05, 0.1) is 0 Å². The second kappa shape index (κ2) is 4.78. The number of hydrogen-bond donors (Lipinski definition) is 1. The number of aromatic nitrogens is 2. The van der Waals surface area contributed by atoms with Gasteiger partial charge in [0.25, 0.3) is 0 Å². The number of thiol groups is 1. The summed E-state index contributed by atoms with van der Waals surface area (Å²) in [5.41, 5.74) is 3.44. The predicted octanol–water partition coefficient (Wildman–Crippen LogP) is 3.29. The number of aryl methyl sites for hydroxylation is 2. The first-order chi connectivity index (χ1) is 6.56. The minimum absolute atomic E-state index is 0.550. The number of hydrogen-bond acceptors (Lipinski definition) is 3. The molecule has 0 N–H and O–H groups in total. The lowest BCUT2D eigenvalue weighted by molar-refractivity contribution is 0.643. The van der Waals surface area contributed by atoms with Gasteiger partial charge in [0.1, 0.15) is 0 Å². The van der Waals surface area contributed by atoms with Crippen LogP contribution in [0.5, 0.6) is 0 Å². The normalized spacial score (nSPS) is 12.9. The summed E-state index contributed by atoms with van der Waals surface area (Å²) in [7, 11) is 0. The molecule has 0 aliphatic carbocycles. The molecule has 1 atom stereocenters. The highest BCUT2D eigenvalue weighted by Gasteiger charge is 2.13. The Morgan fingerprint density at radius 2 is 1.71 bits per heavy atom. The van der Waals surface area contributed by atoms with E-state index in [1.54, 1.807) is 0 Å². The van der Waals surface area contributed by atoms with Crippen LogP contribution in [0, 0.1) is 13.8 Å². The van der Waals surface area contributed by atoms with E-state index in [2.05, 4.69) is 36.4 Å². The molecule has 0 saturated carbocycles. The van der Waals surface area contributed by atoms with Crippen molar-refractivity contribution in [3.63, 3.8) is 0 Å². The summed E-state index contributed by atoms with van der Waals surface area (Å²) in [6.07, 6.45) is 2.39. The lowest BCUT2D eigenvalue weighted by Gasteiger charge is -2.15. The Balaban J connectivity index is 3.07. The summed E-state index contributed by atoms with van der Waals surface area (Å²) in [5.74, 6) is 0.550. The van der Waals surface area contributed by atoms with Crippen molar-refractivity contribution in [1.82, 2.24) is 9.97 Å². The van der Waals surface area contributed by atoms with Crippen molar-refractivity contribution in [2.45, 2.75) is 51.6 Å². The molecule has 1 heterocycles. The van der Waals surface area contributed by atoms with Crippen LogP contribution >= 0.6 is 12.6 Å². The maximum atomic E-state index is 4.29. The zero-order valence-electron chi connectivity index (χ0n) is 9.33. The highest BCUT2D eigenvalue weighted by Crippen LogP contribution is 2.25. The van der Waals surface area contributed by atoms with E-state index < -0.39 is 0 Å². The van der Waals surface area contributed by atoms with E-state index in [0.717, 1.165) is 11.4 Å². The molecule has 14 heavy (non-hydrogen) atoms. The largest absolute Gasteiger partial charge is 0.228 e. The fraction of sp³-hybridized carbons (Fsp3) is 0.636. The third-order valence-corrected chi connectivity index (χ3v) is 2.73. The van der Waals surface area contributed by atoms with Crippen molar-refractivity contribution in [1.29, 1.82) is 0 Å². The van der Waals surface area contributed by atoms with Gasteiger partial charge in [0, 0.05) is 11.4 Å². The summed E-state index contributed by atoms with van der Waals surface area (Å²) in [4.78, 5) is 8.58. The van der Waals surface area contributed by atoms with Gasteiger partial charge in [-0.25, -0.2) is 9.97 Å². The van der Waals surface area contributed by atoms with Crippen LogP contribution in [0.15, 0.2) is 5.16 Å². The van der Waals surface area contributed by atoms with Crippen LogP contribution in [0.1, 0.15) is 49.6 Å². The van der Waals surface area contributed by atoms with Crippen molar-refractivity contribution in [2.75, 3.05) is 0 Å². The second-order valence-corrected chi connectivity index (χ2v) is 4.20. The first kappa shape index (κ1) is 11.5. The van der Waals surface area contributed by atoms with Crippen LogP contribution in [0.2, 0.25) is 0 Å². The topological polar surface area (TPSA) is 25.8 Å². The molecule has 0 spiro atoms. The molecule has 0 amide bonds. The minimum atomic E-state index is 0.550. The molecule has 1 rings (SSSR count). The van der Waals surface area contributed by atoms with Gasteiger partial charge in [-0.05, 0) is 31.7 Å². The van der Waals surface area contributed by atoms with Crippen LogP contribution in [0.3, 0.4) is 0 Å². The minimum Gasteiger partial charge on any atom is -0.228 e. The highest BCUT2D eigenvalue weighted by atomic mass is 32.1. The van der Waals surface area contributed by atoms with E-state index in [4.69, 9.17) is 0 Å². The van der Waals surface area contributed by atoms with Crippen molar-refractivity contribution >= 4 is 12.6 Å². The van der Waals surface area contributed by atoms with E-state index in [-0.39, 0.29) is 0 Å². The molecule has 1 aromatic heterocycles. The van der Waals surface area contributed by atoms with Gasteiger partial charge in [-0.1, -0.05) is 20.3 Å². The van der Waals surface area contributed by atoms with Crippen molar-refractivity contribution in [2.24, 2.45) is 0 Å². The van der Waals surface area contributed by atoms with Crippen LogP contribution < -0.4 is 0 Å². The Labute approximate surface area is 91.6 Å². The number of nitrogens with zero attached hydrogens (tertiary/aromatic N) is 2. The number of rotatable bonds is 3. The van der Waals surface area contributed by atoms with E-state index in [1.165, 1.54) is 18.4 Å². The van der Waals surface area contributed by atoms with Gasteiger partial charge in [0.15, 0.2) is 5.16 Å². The molecule has 78 valence electrons. The molecular weight excluding hydrogens is 192 g/mol. The molecule has 0 radical (unpaired) electrons. The quantitative estimate of drug-likeness (QED) is 0.612. The molecule has 3 heteroatoms. The van der Waals surface area contributed by atoms with Gasteiger partial charge in [0.2, 0.25) is 0 Å². The van der Waals surface area contributed by atoms with Gasteiger partial charge < -0.3 is 0 Å². The summed E-state index contributed by atoms with van der Waals surface area (Å²) in [6.45, 7) is 8.52. The zero-order chi connectivity index (χ0) is 10.7. The molecule has 0 bridgehead atoms. The Hall–Kier alpha value is -0.570. The maximum absolute atomic E-state index is 4.29. The monoisotopic (exact) mass is 210 g/mol. The van der Waals surface area contributed by atoms with Gasteiger partial charge in [-0.15, -0.1) is 12.6 Å². The molecular formula is C11H18N2S. The molecule has 0 aromatic carbocycles. The summed E-state index contributed by atoms with van der Waals surface area (Å²) in [5, 5.41) is 0.576. The zero-order valence-corrected chi connectivity index (χ0v) is 10.2. The first-order valence-electron chi connectivity index (χ1n) is 5.10. The second-order valence-electron chi connectivity index (χ2n) is 3.80. The summed E-state index contributed by atoms with van der Waals surface area (Å²) < 4.78 is 0. The Morgan fingerprint density at radius 1 is 1.21 bits per heavy atom. The van der Waals surface area contributed by atoms with Crippen LogP contribution in [-0.4, -0.2) is 9.97 Å². The van der Waals surface area contributed by atoms with Crippen LogP contribution in [0.25, 0.3) is 0 Å². The lowest BCUT2D eigenvalue weighted by Crippen LogP contribution is -2.05. The smallest absolute Gasteiger partial charge is 0.184 e. The Bertz CT molecular complexity index is 300. The van der Waals surface area contributed by atoms with Crippen molar-refractivity contribution < 1.29 is 0 Å². The lowest BCUT2D eigenvalue weighted by atomic mass is 9.94. The fourth-order valence-corrected chi connectivity index (χ4v) is 2.30. The SMILES string of the molecule is CCCC(C)c1c(C)nc(S)nc1C. The molecule has 0 saturated heterocycles. The molecule has 1 unspecified atom stereocenters. The summed E-state index contributed by atoms with van der Waals surface area (Å²) >= 11 is 4.17. The summed E-state index contributed by atoms with van der Waals surface area (Å²) in [6, 6.07) is 0. The Morgan fingerprint density at radius 3 is 2.14 bits per heavy atom. The average molecular weight is 210 g/mol. The van der Waals surface area contributed by atoms with E-state index >= 15 is 0 Å².